The maximum absolute atomic E-state index is 12.4. The zero-order chi connectivity index (χ0) is 21.8. The Bertz CT molecular complexity index is 998. The third-order valence-corrected chi connectivity index (χ3v) is 5.22. The molecule has 2 amide bonds. The number of carbonyl (C=O) groups excluding carboxylic acids is 3. The van der Waals surface area contributed by atoms with Crippen LogP contribution in [0.3, 0.4) is 0 Å². The number of anilines is 2. The highest BCUT2D eigenvalue weighted by Gasteiger charge is 2.37. The molecule has 0 saturated carbocycles. The van der Waals surface area contributed by atoms with Gasteiger partial charge in [-0.1, -0.05) is 34.8 Å². The lowest BCUT2D eigenvalue weighted by Crippen LogP contribution is -2.28. The second-order valence-electron chi connectivity index (χ2n) is 6.50. The van der Waals surface area contributed by atoms with Gasteiger partial charge in [0.05, 0.1) is 29.4 Å². The molecule has 0 spiro atoms. The number of benzene rings is 2. The molecule has 0 aromatic heterocycles. The third kappa shape index (κ3) is 5.16. The summed E-state index contributed by atoms with van der Waals surface area (Å²) in [6.07, 6.45) is -0.0425. The smallest absolute Gasteiger partial charge is 0.311 e. The van der Waals surface area contributed by atoms with Gasteiger partial charge in [-0.2, -0.15) is 0 Å². The molecule has 0 unspecified atom stereocenters. The van der Waals surface area contributed by atoms with Gasteiger partial charge in [0.15, 0.2) is 6.61 Å². The van der Waals surface area contributed by atoms with E-state index in [0.29, 0.717) is 27.2 Å². The van der Waals surface area contributed by atoms with Gasteiger partial charge in [-0.3, -0.25) is 14.4 Å². The second-order valence-corrected chi connectivity index (χ2v) is 7.78. The van der Waals surface area contributed by atoms with Crippen LogP contribution in [0.25, 0.3) is 0 Å². The molecule has 10 heteroatoms. The predicted molar refractivity (Wildman–Crippen MR) is 115 cm³/mol. The zero-order valence-electron chi connectivity index (χ0n) is 15.8. The number of amides is 2. The Balaban J connectivity index is 1.58. The number of carbonyl (C=O) groups is 3. The average Bonchev–Trinajstić information content (AvgIpc) is 3.10. The lowest BCUT2D eigenvalue weighted by molar-refractivity contribution is -0.151. The van der Waals surface area contributed by atoms with Crippen LogP contribution in [-0.4, -0.2) is 38.0 Å². The number of halogens is 3. The largest absolute Gasteiger partial charge is 0.495 e. The van der Waals surface area contributed by atoms with Crippen molar-refractivity contribution in [3.05, 3.63) is 51.5 Å². The topological polar surface area (TPSA) is 84.9 Å². The van der Waals surface area contributed by atoms with E-state index in [2.05, 4.69) is 5.32 Å². The summed E-state index contributed by atoms with van der Waals surface area (Å²) < 4.78 is 10.3. The van der Waals surface area contributed by atoms with E-state index in [1.165, 1.54) is 24.1 Å². The Kier molecular flexibility index (Phi) is 7.07. The Hall–Kier alpha value is -2.48. The predicted octanol–water partition coefficient (Wildman–Crippen LogP) is 4.19. The van der Waals surface area contributed by atoms with Crippen LogP contribution in [0.1, 0.15) is 6.42 Å². The number of hydrogen-bond donors (Lipinski definition) is 1. The first kappa shape index (κ1) is 22.2. The lowest BCUT2D eigenvalue weighted by Gasteiger charge is -2.19. The molecule has 1 aliphatic rings. The molecular formula is C20H17Cl3N2O5. The van der Waals surface area contributed by atoms with Crippen molar-refractivity contribution < 1.29 is 23.9 Å². The molecule has 1 saturated heterocycles. The van der Waals surface area contributed by atoms with Crippen molar-refractivity contribution >= 4 is 64.0 Å². The highest BCUT2D eigenvalue weighted by atomic mass is 35.5. The van der Waals surface area contributed by atoms with Crippen molar-refractivity contribution in [1.82, 2.24) is 0 Å². The summed E-state index contributed by atoms with van der Waals surface area (Å²) in [7, 11) is 1.48. The summed E-state index contributed by atoms with van der Waals surface area (Å²) >= 11 is 17.8. The fraction of sp³-hybridized carbons (Fsp3) is 0.250. The fourth-order valence-electron chi connectivity index (χ4n) is 3.00. The number of hydrogen-bond acceptors (Lipinski definition) is 5. The maximum atomic E-state index is 12.4. The summed E-state index contributed by atoms with van der Waals surface area (Å²) in [5.74, 6) is -1.74. The van der Waals surface area contributed by atoms with E-state index in [4.69, 9.17) is 44.3 Å². The number of nitrogens with one attached hydrogen (secondary N) is 1. The first-order valence-corrected chi connectivity index (χ1v) is 9.97. The van der Waals surface area contributed by atoms with Crippen LogP contribution in [0.4, 0.5) is 11.4 Å². The molecule has 1 atom stereocenters. The molecule has 3 rings (SSSR count). The van der Waals surface area contributed by atoms with Gasteiger partial charge in [0.1, 0.15) is 5.75 Å². The van der Waals surface area contributed by atoms with Gasteiger partial charge in [0, 0.05) is 23.0 Å². The molecule has 2 aromatic carbocycles. The molecule has 1 N–H and O–H groups in total. The van der Waals surface area contributed by atoms with Gasteiger partial charge in [-0.15, -0.1) is 0 Å². The van der Waals surface area contributed by atoms with Crippen molar-refractivity contribution in [1.29, 1.82) is 0 Å². The van der Waals surface area contributed by atoms with Gasteiger partial charge in [0.25, 0.3) is 5.91 Å². The molecule has 0 radical (unpaired) electrons. The maximum Gasteiger partial charge on any atom is 0.311 e. The first-order chi connectivity index (χ1) is 14.3. The molecule has 158 valence electrons. The molecule has 1 heterocycles. The molecular weight excluding hydrogens is 455 g/mol. The minimum Gasteiger partial charge on any atom is -0.495 e. The lowest BCUT2D eigenvalue weighted by atomic mass is 10.1. The summed E-state index contributed by atoms with van der Waals surface area (Å²) in [5, 5.41) is 3.65. The van der Waals surface area contributed by atoms with E-state index in [9.17, 15) is 14.4 Å². The van der Waals surface area contributed by atoms with Crippen molar-refractivity contribution in [3.8, 4) is 5.75 Å². The third-order valence-electron chi connectivity index (χ3n) is 4.44. The van der Waals surface area contributed by atoms with E-state index in [-0.39, 0.29) is 23.9 Å². The van der Waals surface area contributed by atoms with Crippen LogP contribution in [0.15, 0.2) is 36.4 Å². The van der Waals surface area contributed by atoms with Gasteiger partial charge in [-0.05, 0) is 36.4 Å². The Labute approximate surface area is 187 Å². The highest BCUT2D eigenvalue weighted by Crippen LogP contribution is 2.35. The molecule has 0 aliphatic carbocycles. The normalized spacial score (nSPS) is 15.8. The SMILES string of the molecule is COc1ccc(Cl)cc1N1C[C@@H](C(=O)OCC(=O)Nc2ccc(Cl)cc2Cl)CC1=O. The summed E-state index contributed by atoms with van der Waals surface area (Å²) in [4.78, 5) is 38.3. The van der Waals surface area contributed by atoms with Crippen LogP contribution in [0.2, 0.25) is 15.1 Å². The summed E-state index contributed by atoms with van der Waals surface area (Å²) in [6.45, 7) is -0.415. The standard InChI is InChI=1S/C20H17Cl3N2O5/c1-29-17-5-3-13(22)8-16(17)25-9-11(6-19(25)27)20(28)30-10-18(26)24-15-4-2-12(21)7-14(15)23/h2-5,7-8,11H,6,9-10H2,1H3,(H,24,26)/t11-/m0/s1. The average molecular weight is 472 g/mol. The van der Waals surface area contributed by atoms with Crippen LogP contribution in [-0.2, 0) is 19.1 Å². The van der Waals surface area contributed by atoms with E-state index in [1.807, 2.05) is 0 Å². The number of methoxy groups -OCH3 is 1. The molecule has 30 heavy (non-hydrogen) atoms. The molecule has 7 nitrogen and oxygen atoms in total. The zero-order valence-corrected chi connectivity index (χ0v) is 18.1. The number of ether oxygens (including phenoxy) is 2. The monoisotopic (exact) mass is 470 g/mol. The van der Waals surface area contributed by atoms with Crippen LogP contribution < -0.4 is 15.0 Å². The molecule has 1 aliphatic heterocycles. The van der Waals surface area contributed by atoms with Crippen molar-refractivity contribution in [2.75, 3.05) is 30.5 Å². The van der Waals surface area contributed by atoms with E-state index < -0.39 is 24.4 Å². The molecule has 0 bridgehead atoms. The Morgan fingerprint density at radius 3 is 2.53 bits per heavy atom. The van der Waals surface area contributed by atoms with E-state index in [1.54, 1.807) is 24.3 Å². The quantitative estimate of drug-likeness (QED) is 0.639. The first-order valence-electron chi connectivity index (χ1n) is 8.84. The fourth-order valence-corrected chi connectivity index (χ4v) is 3.63. The number of esters is 1. The molecule has 1 fully saturated rings. The molecule has 2 aromatic rings. The van der Waals surface area contributed by atoms with E-state index >= 15 is 0 Å². The van der Waals surface area contributed by atoms with Crippen molar-refractivity contribution in [3.63, 3.8) is 0 Å². The Morgan fingerprint density at radius 2 is 1.83 bits per heavy atom. The van der Waals surface area contributed by atoms with Gasteiger partial charge in [0.2, 0.25) is 5.91 Å². The second kappa shape index (κ2) is 9.55. The van der Waals surface area contributed by atoms with Crippen LogP contribution in [0, 0.1) is 5.92 Å². The Morgan fingerprint density at radius 1 is 1.13 bits per heavy atom. The number of nitrogens with zero attached hydrogens (tertiary/aromatic N) is 1. The van der Waals surface area contributed by atoms with Crippen molar-refractivity contribution in [2.24, 2.45) is 5.92 Å². The summed E-state index contributed by atoms with van der Waals surface area (Å²) in [5.41, 5.74) is 0.817. The van der Waals surface area contributed by atoms with Gasteiger partial charge >= 0.3 is 5.97 Å². The van der Waals surface area contributed by atoms with Gasteiger partial charge < -0.3 is 19.7 Å². The van der Waals surface area contributed by atoms with Crippen LogP contribution >= 0.6 is 34.8 Å². The minimum atomic E-state index is -0.715. The van der Waals surface area contributed by atoms with Gasteiger partial charge in [-0.25, -0.2) is 0 Å². The summed E-state index contributed by atoms with van der Waals surface area (Å²) in [6, 6.07) is 9.46. The highest BCUT2D eigenvalue weighted by molar-refractivity contribution is 6.36. The van der Waals surface area contributed by atoms with E-state index in [0.717, 1.165) is 0 Å². The number of rotatable bonds is 6. The minimum absolute atomic E-state index is 0.0425. The van der Waals surface area contributed by atoms with Crippen molar-refractivity contribution in [2.45, 2.75) is 6.42 Å². The van der Waals surface area contributed by atoms with Crippen LogP contribution in [0.5, 0.6) is 5.75 Å².